The lowest BCUT2D eigenvalue weighted by Crippen LogP contribution is -1.86. The van der Waals surface area contributed by atoms with Gasteiger partial charge in [0.05, 0.1) is 0 Å². The van der Waals surface area contributed by atoms with Gasteiger partial charge in [0.1, 0.15) is 0 Å². The summed E-state index contributed by atoms with van der Waals surface area (Å²) >= 11 is 0. The molecule has 0 aliphatic heterocycles. The van der Waals surface area contributed by atoms with Crippen LogP contribution in [-0.2, 0) is 0 Å². The van der Waals surface area contributed by atoms with Gasteiger partial charge in [0.25, 0.3) is 0 Å². The van der Waals surface area contributed by atoms with Crippen LogP contribution in [0.4, 0.5) is 0 Å². The van der Waals surface area contributed by atoms with Gasteiger partial charge in [-0.05, 0) is 36.5 Å². The second-order valence-electron chi connectivity index (χ2n) is 6.62. The molecule has 2 fully saturated rings. The highest BCUT2D eigenvalue weighted by Crippen LogP contribution is 2.36. The van der Waals surface area contributed by atoms with E-state index in [4.69, 9.17) is 0 Å². The van der Waals surface area contributed by atoms with Crippen LogP contribution in [0.15, 0.2) is 12.7 Å². The van der Waals surface area contributed by atoms with Gasteiger partial charge in [-0.1, -0.05) is 108 Å². The van der Waals surface area contributed by atoms with Crippen LogP contribution in [-0.4, -0.2) is 0 Å². The number of rotatable bonds is 3. The lowest BCUT2D eigenvalue weighted by atomic mass is 10.1. The maximum absolute atomic E-state index is 3.65. The zero-order valence-electron chi connectivity index (χ0n) is 18.8. The molecule has 0 aromatic heterocycles. The number of allylic oxidation sites excluding steroid dienone is 1. The molecule has 2 aliphatic rings. The van der Waals surface area contributed by atoms with Gasteiger partial charge in [0, 0.05) is 0 Å². The molecule has 2 aliphatic carbocycles. The second-order valence-corrected chi connectivity index (χ2v) is 6.62. The summed E-state index contributed by atoms with van der Waals surface area (Å²) in [5.74, 6) is 4.02. The van der Waals surface area contributed by atoms with E-state index in [-0.39, 0.29) is 0 Å². The predicted octanol–water partition coefficient (Wildman–Crippen LogP) is 9.16. The van der Waals surface area contributed by atoms with Crippen LogP contribution >= 0.6 is 0 Å². The SMILES string of the molecule is C=CCC(C)CC.CC.CC.CC1CC1.CC1CC1C.CCC. The minimum absolute atomic E-state index is 0.831. The Morgan fingerprint density at radius 1 is 0.913 bits per heavy atom. The molecule has 0 radical (unpaired) electrons. The predicted molar refractivity (Wildman–Crippen MR) is 114 cm³/mol. The van der Waals surface area contributed by atoms with Crippen molar-refractivity contribution >= 4 is 0 Å². The molecule has 0 N–H and O–H groups in total. The Kier molecular flexibility index (Phi) is 35.4. The standard InChI is InChI=1S/C7H14.C5H10.C4H8.C3H8.2C2H6/c1-4-6-7(3)5-2;1-4-3-5(4)2;1-4-2-3-4;1-3-2;2*1-2/h4,7H,1,5-6H2,2-3H3;4-5H,3H2,1-2H3;4H,2-3H2,1H3;3H2,1-2H3;2*1-2H3. The van der Waals surface area contributed by atoms with Gasteiger partial charge < -0.3 is 0 Å². The summed E-state index contributed by atoms with van der Waals surface area (Å²) in [7, 11) is 0. The molecule has 2 rings (SSSR count). The Bertz CT molecular complexity index is 172. The van der Waals surface area contributed by atoms with E-state index in [2.05, 4.69) is 55.0 Å². The summed E-state index contributed by atoms with van der Waals surface area (Å²) in [6, 6.07) is 0. The molecule has 144 valence electrons. The van der Waals surface area contributed by atoms with E-state index in [0.717, 1.165) is 30.1 Å². The molecule has 0 heterocycles. The fourth-order valence-electron chi connectivity index (χ4n) is 1.13. The average Bonchev–Trinajstić information content (AvgIpc) is 3.47. The number of hydrogen-bond acceptors (Lipinski definition) is 0. The summed E-state index contributed by atoms with van der Waals surface area (Å²) in [4.78, 5) is 0. The third kappa shape index (κ3) is 44.9. The first-order chi connectivity index (χ1) is 10.9. The molecule has 0 aromatic rings. The summed E-state index contributed by atoms with van der Waals surface area (Å²) in [5, 5.41) is 0. The molecule has 0 nitrogen and oxygen atoms in total. The van der Waals surface area contributed by atoms with Gasteiger partial charge in [-0.25, -0.2) is 0 Å². The number of hydrogen-bond donors (Lipinski definition) is 0. The van der Waals surface area contributed by atoms with Gasteiger partial charge >= 0.3 is 0 Å². The van der Waals surface area contributed by atoms with Crippen LogP contribution in [0.25, 0.3) is 0 Å². The first-order valence-electron chi connectivity index (χ1n) is 10.5. The lowest BCUT2D eigenvalue weighted by Gasteiger charge is -2.00. The Balaban J connectivity index is -0.000000101. The van der Waals surface area contributed by atoms with Crippen molar-refractivity contribution in [3.63, 3.8) is 0 Å². The van der Waals surface area contributed by atoms with E-state index in [9.17, 15) is 0 Å². The Morgan fingerprint density at radius 3 is 1.22 bits per heavy atom. The van der Waals surface area contributed by atoms with Crippen LogP contribution in [0, 0.1) is 23.7 Å². The van der Waals surface area contributed by atoms with Crippen molar-refractivity contribution in [1.29, 1.82) is 0 Å². The zero-order chi connectivity index (χ0) is 19.3. The van der Waals surface area contributed by atoms with Gasteiger partial charge in [-0.2, -0.15) is 0 Å². The Hall–Kier alpha value is -0.260. The van der Waals surface area contributed by atoms with Crippen molar-refractivity contribution in [1.82, 2.24) is 0 Å². The quantitative estimate of drug-likeness (QED) is 0.453. The van der Waals surface area contributed by atoms with Crippen LogP contribution in [0.3, 0.4) is 0 Å². The highest BCUT2D eigenvalue weighted by molar-refractivity contribution is 4.76. The van der Waals surface area contributed by atoms with Gasteiger partial charge in [0.15, 0.2) is 0 Å². The molecular formula is C23H52. The smallest absolute Gasteiger partial charge is 0.0328 e. The van der Waals surface area contributed by atoms with Gasteiger partial charge in [0.2, 0.25) is 0 Å². The topological polar surface area (TPSA) is 0 Å². The van der Waals surface area contributed by atoms with E-state index in [0.29, 0.717) is 0 Å². The minimum Gasteiger partial charge on any atom is -0.103 e. The van der Waals surface area contributed by atoms with E-state index in [1.165, 1.54) is 32.1 Å². The summed E-state index contributed by atoms with van der Waals surface area (Å²) in [6.45, 7) is 27.2. The van der Waals surface area contributed by atoms with Gasteiger partial charge in [-0.15, -0.1) is 6.58 Å². The molecule has 2 saturated carbocycles. The fourth-order valence-corrected chi connectivity index (χ4v) is 1.13. The molecule has 0 amide bonds. The van der Waals surface area contributed by atoms with E-state index in [1.807, 2.05) is 33.8 Å². The summed E-state index contributed by atoms with van der Waals surface area (Å²) in [5.41, 5.74) is 0. The highest BCUT2D eigenvalue weighted by Gasteiger charge is 2.26. The van der Waals surface area contributed by atoms with Crippen LogP contribution in [0.2, 0.25) is 0 Å². The van der Waals surface area contributed by atoms with E-state index < -0.39 is 0 Å². The summed E-state index contributed by atoms with van der Waals surface area (Å²) in [6.07, 6.45) is 10.1. The van der Waals surface area contributed by atoms with Crippen molar-refractivity contribution in [2.75, 3.05) is 0 Å². The van der Waals surface area contributed by atoms with E-state index in [1.54, 1.807) is 0 Å². The Labute approximate surface area is 151 Å². The largest absolute Gasteiger partial charge is 0.103 e. The zero-order valence-corrected chi connectivity index (χ0v) is 18.8. The van der Waals surface area contributed by atoms with E-state index >= 15 is 0 Å². The maximum Gasteiger partial charge on any atom is -0.0328 e. The first kappa shape index (κ1) is 30.6. The molecular weight excluding hydrogens is 276 g/mol. The molecule has 0 aromatic carbocycles. The average molecular weight is 329 g/mol. The van der Waals surface area contributed by atoms with Crippen molar-refractivity contribution in [2.24, 2.45) is 23.7 Å². The van der Waals surface area contributed by atoms with Crippen molar-refractivity contribution in [3.8, 4) is 0 Å². The van der Waals surface area contributed by atoms with Crippen LogP contribution in [0.5, 0.6) is 0 Å². The molecule has 0 bridgehead atoms. The first-order valence-corrected chi connectivity index (χ1v) is 10.5. The van der Waals surface area contributed by atoms with Crippen molar-refractivity contribution in [2.45, 2.75) is 115 Å². The monoisotopic (exact) mass is 328 g/mol. The van der Waals surface area contributed by atoms with Crippen LogP contribution in [0.1, 0.15) is 115 Å². The maximum atomic E-state index is 3.65. The normalized spacial score (nSPS) is 20.7. The Morgan fingerprint density at radius 2 is 1.17 bits per heavy atom. The summed E-state index contributed by atoms with van der Waals surface area (Å²) < 4.78 is 0. The fraction of sp³-hybridized carbons (Fsp3) is 0.913. The molecule has 0 heteroatoms. The van der Waals surface area contributed by atoms with Crippen LogP contribution < -0.4 is 0 Å². The third-order valence-electron chi connectivity index (χ3n) is 3.64. The molecule has 0 spiro atoms. The van der Waals surface area contributed by atoms with Crippen molar-refractivity contribution in [3.05, 3.63) is 12.7 Å². The second kappa shape index (κ2) is 26.6. The molecule has 23 heavy (non-hydrogen) atoms. The minimum atomic E-state index is 0.831. The molecule has 0 saturated heterocycles. The molecule has 3 unspecified atom stereocenters. The third-order valence-corrected chi connectivity index (χ3v) is 3.64. The highest BCUT2D eigenvalue weighted by atomic mass is 14.3. The van der Waals surface area contributed by atoms with Crippen molar-refractivity contribution < 1.29 is 0 Å². The lowest BCUT2D eigenvalue weighted by molar-refractivity contribution is 0.572. The molecule has 3 atom stereocenters. The van der Waals surface area contributed by atoms with Gasteiger partial charge in [-0.3, -0.25) is 0 Å².